The first kappa shape index (κ1) is 13.6. The molecule has 104 valence electrons. The molecule has 0 aliphatic carbocycles. The number of benzene rings is 1. The van der Waals surface area contributed by atoms with Crippen LogP contribution in [-0.4, -0.2) is 17.0 Å². The number of nitrogens with one attached hydrogen (secondary N) is 1. The molecule has 0 atom stereocenters. The number of carbonyl (C=O) groups is 1. The Kier molecular flexibility index (Phi) is 3.69. The van der Waals surface area contributed by atoms with E-state index in [4.69, 9.17) is 15.4 Å². The fourth-order valence-corrected chi connectivity index (χ4v) is 1.64. The number of nitrogens with two attached hydrogens (primary N) is 1. The van der Waals surface area contributed by atoms with Gasteiger partial charge < -0.3 is 20.7 Å². The van der Waals surface area contributed by atoms with Crippen LogP contribution < -0.4 is 11.1 Å². The standard InChI is InChI=1S/C13H12FN3O3/c1-7-9(4-5-20-7)13(18)16-11-3-2-8(6-10(11)14)12(15)17-19/h2-6,19H,1H3,(H2,15,17)(H,16,18). The van der Waals surface area contributed by atoms with Crippen LogP contribution in [0.5, 0.6) is 0 Å². The van der Waals surface area contributed by atoms with E-state index in [1.807, 2.05) is 0 Å². The molecule has 0 bridgehead atoms. The summed E-state index contributed by atoms with van der Waals surface area (Å²) < 4.78 is 18.8. The Morgan fingerprint density at radius 1 is 1.45 bits per heavy atom. The van der Waals surface area contributed by atoms with Crippen molar-refractivity contribution in [2.75, 3.05) is 5.32 Å². The number of nitrogens with zero attached hydrogens (tertiary/aromatic N) is 1. The molecule has 0 unspecified atom stereocenters. The Bertz CT molecular complexity index is 679. The highest BCUT2D eigenvalue weighted by Gasteiger charge is 2.14. The van der Waals surface area contributed by atoms with Gasteiger partial charge in [-0.3, -0.25) is 4.79 Å². The second kappa shape index (κ2) is 5.43. The van der Waals surface area contributed by atoms with Crippen molar-refractivity contribution >= 4 is 17.4 Å². The largest absolute Gasteiger partial charge is 0.469 e. The maximum atomic E-state index is 13.8. The Hall–Kier alpha value is -2.83. The van der Waals surface area contributed by atoms with E-state index >= 15 is 0 Å². The first-order valence-corrected chi connectivity index (χ1v) is 5.66. The van der Waals surface area contributed by atoms with Crippen molar-refractivity contribution < 1.29 is 18.8 Å². The summed E-state index contributed by atoms with van der Waals surface area (Å²) >= 11 is 0. The number of hydrogen-bond donors (Lipinski definition) is 3. The van der Waals surface area contributed by atoms with Crippen LogP contribution in [0.3, 0.4) is 0 Å². The molecule has 0 radical (unpaired) electrons. The van der Waals surface area contributed by atoms with Gasteiger partial charge in [-0.05, 0) is 31.2 Å². The predicted octanol–water partition coefficient (Wildman–Crippen LogP) is 2.07. The maximum absolute atomic E-state index is 13.8. The molecule has 7 heteroatoms. The number of amides is 1. The molecule has 4 N–H and O–H groups in total. The molecule has 2 aromatic rings. The molecule has 6 nitrogen and oxygen atoms in total. The van der Waals surface area contributed by atoms with Crippen LogP contribution in [0.1, 0.15) is 21.7 Å². The van der Waals surface area contributed by atoms with Gasteiger partial charge in [0.1, 0.15) is 11.6 Å². The molecule has 1 amide bonds. The number of carbonyl (C=O) groups excluding carboxylic acids is 1. The summed E-state index contributed by atoms with van der Waals surface area (Å²) in [5.74, 6) is -0.945. The van der Waals surface area contributed by atoms with Gasteiger partial charge in [-0.2, -0.15) is 0 Å². The van der Waals surface area contributed by atoms with Crippen molar-refractivity contribution in [3.63, 3.8) is 0 Å². The Morgan fingerprint density at radius 2 is 2.20 bits per heavy atom. The van der Waals surface area contributed by atoms with Crippen LogP contribution in [0.4, 0.5) is 10.1 Å². The average molecular weight is 277 g/mol. The van der Waals surface area contributed by atoms with Gasteiger partial charge in [0, 0.05) is 5.56 Å². The molecule has 0 aliphatic rings. The van der Waals surface area contributed by atoms with Crippen LogP contribution in [0, 0.1) is 12.7 Å². The van der Waals surface area contributed by atoms with Crippen molar-refractivity contribution in [2.24, 2.45) is 10.9 Å². The monoisotopic (exact) mass is 277 g/mol. The summed E-state index contributed by atoms with van der Waals surface area (Å²) in [4.78, 5) is 11.9. The quantitative estimate of drug-likeness (QED) is 0.346. The molecule has 0 aliphatic heterocycles. The minimum atomic E-state index is -0.691. The van der Waals surface area contributed by atoms with Crippen LogP contribution in [0.15, 0.2) is 40.1 Å². The van der Waals surface area contributed by atoms with Gasteiger partial charge >= 0.3 is 0 Å². The van der Waals surface area contributed by atoms with E-state index in [0.29, 0.717) is 11.3 Å². The van der Waals surface area contributed by atoms with Gasteiger partial charge in [0.25, 0.3) is 5.91 Å². The van der Waals surface area contributed by atoms with E-state index in [1.165, 1.54) is 24.5 Å². The van der Waals surface area contributed by atoms with Crippen molar-refractivity contribution in [3.8, 4) is 0 Å². The van der Waals surface area contributed by atoms with E-state index in [2.05, 4.69) is 10.5 Å². The molecular weight excluding hydrogens is 265 g/mol. The van der Waals surface area contributed by atoms with Gasteiger partial charge in [-0.15, -0.1) is 0 Å². The summed E-state index contributed by atoms with van der Waals surface area (Å²) in [5, 5.41) is 13.7. The van der Waals surface area contributed by atoms with Crippen molar-refractivity contribution in [3.05, 3.63) is 53.2 Å². The highest BCUT2D eigenvalue weighted by atomic mass is 19.1. The number of aryl methyl sites for hydroxylation is 1. The molecule has 0 spiro atoms. The molecule has 2 rings (SSSR count). The summed E-state index contributed by atoms with van der Waals surface area (Å²) in [6.45, 7) is 1.63. The number of hydrogen-bond acceptors (Lipinski definition) is 4. The van der Waals surface area contributed by atoms with Crippen molar-refractivity contribution in [1.29, 1.82) is 0 Å². The van der Waals surface area contributed by atoms with Crippen molar-refractivity contribution in [1.82, 2.24) is 0 Å². The minimum Gasteiger partial charge on any atom is -0.469 e. The lowest BCUT2D eigenvalue weighted by Crippen LogP contribution is -2.16. The first-order chi connectivity index (χ1) is 9.52. The molecule has 20 heavy (non-hydrogen) atoms. The van der Waals surface area contributed by atoms with Crippen LogP contribution >= 0.6 is 0 Å². The molecule has 1 aromatic heterocycles. The highest BCUT2D eigenvalue weighted by Crippen LogP contribution is 2.18. The predicted molar refractivity (Wildman–Crippen MR) is 70.3 cm³/mol. The van der Waals surface area contributed by atoms with Crippen LogP contribution in [-0.2, 0) is 0 Å². The van der Waals surface area contributed by atoms with Gasteiger partial charge in [0.2, 0.25) is 0 Å². The van der Waals surface area contributed by atoms with Gasteiger partial charge in [0.15, 0.2) is 5.84 Å². The molecule has 1 aromatic carbocycles. The number of oxime groups is 1. The molecule has 0 saturated carbocycles. The average Bonchev–Trinajstić information content (AvgIpc) is 2.86. The lowest BCUT2D eigenvalue weighted by Gasteiger charge is -2.07. The third kappa shape index (κ3) is 2.61. The Labute approximate surface area is 113 Å². The highest BCUT2D eigenvalue weighted by molar-refractivity contribution is 6.05. The van der Waals surface area contributed by atoms with E-state index in [0.717, 1.165) is 6.07 Å². The topological polar surface area (TPSA) is 101 Å². The van der Waals surface area contributed by atoms with Crippen molar-refractivity contribution in [2.45, 2.75) is 6.92 Å². The number of halogens is 1. The fraction of sp³-hybridized carbons (Fsp3) is 0.0769. The van der Waals surface area contributed by atoms with Gasteiger partial charge in [-0.1, -0.05) is 5.16 Å². The van der Waals surface area contributed by atoms with Crippen LogP contribution in [0.2, 0.25) is 0 Å². The molecule has 1 heterocycles. The zero-order chi connectivity index (χ0) is 14.7. The smallest absolute Gasteiger partial charge is 0.259 e. The maximum Gasteiger partial charge on any atom is 0.259 e. The summed E-state index contributed by atoms with van der Waals surface area (Å²) in [6, 6.07) is 5.31. The van der Waals surface area contributed by atoms with Gasteiger partial charge in [-0.25, -0.2) is 4.39 Å². The number of amidine groups is 1. The third-order valence-electron chi connectivity index (χ3n) is 2.72. The zero-order valence-corrected chi connectivity index (χ0v) is 10.6. The molecule has 0 fully saturated rings. The Balaban J connectivity index is 2.23. The number of furan rings is 1. The SMILES string of the molecule is Cc1occc1C(=O)Nc1ccc(/C(N)=N/O)cc1F. The lowest BCUT2D eigenvalue weighted by atomic mass is 10.1. The summed E-state index contributed by atoms with van der Waals surface area (Å²) in [6.07, 6.45) is 1.38. The second-order valence-corrected chi connectivity index (χ2v) is 4.02. The number of anilines is 1. The molecule has 0 saturated heterocycles. The third-order valence-corrected chi connectivity index (χ3v) is 2.72. The summed E-state index contributed by atoms with van der Waals surface area (Å²) in [5.41, 5.74) is 5.87. The minimum absolute atomic E-state index is 0.00918. The normalized spacial score (nSPS) is 11.4. The molecular formula is C13H12FN3O3. The van der Waals surface area contributed by atoms with E-state index < -0.39 is 11.7 Å². The zero-order valence-electron chi connectivity index (χ0n) is 10.6. The first-order valence-electron chi connectivity index (χ1n) is 5.66. The fourth-order valence-electron chi connectivity index (χ4n) is 1.64. The number of rotatable bonds is 3. The van der Waals surface area contributed by atoms with Crippen LogP contribution in [0.25, 0.3) is 0 Å². The van der Waals surface area contributed by atoms with E-state index in [9.17, 15) is 9.18 Å². The van der Waals surface area contributed by atoms with E-state index in [-0.39, 0.29) is 17.1 Å². The summed E-state index contributed by atoms with van der Waals surface area (Å²) in [7, 11) is 0. The van der Waals surface area contributed by atoms with E-state index in [1.54, 1.807) is 6.92 Å². The lowest BCUT2D eigenvalue weighted by molar-refractivity contribution is 0.102. The second-order valence-electron chi connectivity index (χ2n) is 4.02. The Morgan fingerprint density at radius 3 is 2.75 bits per heavy atom. The van der Waals surface area contributed by atoms with Gasteiger partial charge in [0.05, 0.1) is 17.5 Å².